The third kappa shape index (κ3) is 3.84. The van der Waals surface area contributed by atoms with Crippen molar-refractivity contribution in [1.82, 2.24) is 10.2 Å². The van der Waals surface area contributed by atoms with Crippen LogP contribution in [0.15, 0.2) is 30.3 Å². The van der Waals surface area contributed by atoms with Gasteiger partial charge in [-0.2, -0.15) is 0 Å². The van der Waals surface area contributed by atoms with Crippen LogP contribution in [0.25, 0.3) is 0 Å². The molecule has 1 aromatic heterocycles. The van der Waals surface area contributed by atoms with Crippen molar-refractivity contribution in [2.75, 3.05) is 5.32 Å². The summed E-state index contributed by atoms with van der Waals surface area (Å²) in [5.41, 5.74) is 3.15. The second-order valence-electron chi connectivity index (χ2n) is 2.52. The molecule has 1 amide bonds. The van der Waals surface area contributed by atoms with Gasteiger partial charge in [-0.1, -0.05) is 23.7 Å². The number of anilines is 1. The van der Waals surface area contributed by atoms with Gasteiger partial charge in [-0.15, -0.1) is 0 Å². The van der Waals surface area contributed by atoms with E-state index in [1.165, 1.54) is 11.3 Å². The summed E-state index contributed by atoms with van der Waals surface area (Å²) < 4.78 is 0. The van der Waals surface area contributed by atoms with E-state index in [0.717, 1.165) is 0 Å². The quantitative estimate of drug-likeness (QED) is 0.692. The molecule has 0 saturated carbocycles. The first-order chi connectivity index (χ1) is 6.86. The maximum atomic E-state index is 11.5. The first-order valence-corrected chi connectivity index (χ1v) is 4.74. The van der Waals surface area contributed by atoms with Crippen LogP contribution in [0.1, 0.15) is 10.4 Å². The van der Waals surface area contributed by atoms with Gasteiger partial charge in [0.05, 0.1) is 5.13 Å². The maximum absolute atomic E-state index is 11.5. The number of hydrogen-bond acceptors (Lipinski definition) is 4. The van der Waals surface area contributed by atoms with Crippen LogP contribution >= 0.6 is 11.3 Å². The third-order valence-electron chi connectivity index (χ3n) is 1.58. The fraction of sp³-hybridized carbons (Fsp3) is 0. The average Bonchev–Trinajstić information content (AvgIpc) is 2.72. The van der Waals surface area contributed by atoms with Gasteiger partial charge in [0.2, 0.25) is 5.91 Å². The molecule has 0 aliphatic heterocycles. The second-order valence-corrected chi connectivity index (χ2v) is 3.29. The van der Waals surface area contributed by atoms with Crippen molar-refractivity contribution >= 4 is 22.4 Å². The zero-order valence-corrected chi connectivity index (χ0v) is 13.8. The molecule has 6 heteroatoms. The van der Waals surface area contributed by atoms with Crippen molar-refractivity contribution < 1.29 is 63.0 Å². The standard InChI is InChI=1S/C9H6N3OS.Rb/c13-8(7-4-2-1-3-5-7)11-9-12-10-6-14-9;/h1-5H,(H,11,12,13);/q-1;+1. The van der Waals surface area contributed by atoms with Crippen molar-refractivity contribution in [2.45, 2.75) is 0 Å². The van der Waals surface area contributed by atoms with Crippen molar-refractivity contribution in [3.63, 3.8) is 0 Å². The molecule has 2 rings (SSSR count). The van der Waals surface area contributed by atoms with E-state index in [1.54, 1.807) is 24.3 Å². The Hall–Kier alpha value is 0.0552. The number of rotatable bonds is 2. The van der Waals surface area contributed by atoms with Crippen LogP contribution in [0.5, 0.6) is 0 Å². The van der Waals surface area contributed by atoms with Crippen molar-refractivity contribution in [2.24, 2.45) is 0 Å². The number of benzene rings is 1. The molecule has 0 aliphatic carbocycles. The third-order valence-corrected chi connectivity index (χ3v) is 2.13. The monoisotopic (exact) mass is 289 g/mol. The summed E-state index contributed by atoms with van der Waals surface area (Å²) in [5.74, 6) is -0.184. The zero-order valence-electron chi connectivity index (χ0n) is 8.10. The molecule has 2 aromatic rings. The number of carbonyl (C=O) groups is 1. The number of aromatic nitrogens is 2. The average molecular weight is 290 g/mol. The van der Waals surface area contributed by atoms with Crippen molar-refractivity contribution in [3.05, 3.63) is 41.4 Å². The molecule has 0 aliphatic rings. The summed E-state index contributed by atoms with van der Waals surface area (Å²) >= 11 is 1.17. The van der Waals surface area contributed by atoms with Crippen LogP contribution in [-0.4, -0.2) is 16.1 Å². The molecule has 0 bridgehead atoms. The first kappa shape index (κ1) is 13.1. The Morgan fingerprint density at radius 3 is 2.67 bits per heavy atom. The Balaban J connectivity index is 0.00000112. The van der Waals surface area contributed by atoms with Crippen LogP contribution in [0, 0.1) is 5.51 Å². The van der Waals surface area contributed by atoms with E-state index in [4.69, 9.17) is 0 Å². The SMILES string of the molecule is O=C(Nc1nn[c-]s1)c1ccccc1.[Rb+]. The van der Waals surface area contributed by atoms with E-state index >= 15 is 0 Å². The molecular formula is C9H6N3ORbS. The number of carbonyl (C=O) groups excluding carboxylic acids is 1. The van der Waals surface area contributed by atoms with E-state index in [0.29, 0.717) is 10.7 Å². The molecule has 1 N–H and O–H groups in total. The van der Waals surface area contributed by atoms with Gasteiger partial charge in [0, 0.05) is 5.56 Å². The number of nitrogens with one attached hydrogen (secondary N) is 1. The largest absolute Gasteiger partial charge is 1.00 e. The van der Waals surface area contributed by atoms with E-state index in [2.05, 4.69) is 21.0 Å². The molecule has 0 radical (unpaired) electrons. The van der Waals surface area contributed by atoms with Gasteiger partial charge in [0.25, 0.3) is 0 Å². The fourth-order valence-corrected chi connectivity index (χ4v) is 1.35. The Kier molecular flexibility index (Phi) is 5.77. The van der Waals surface area contributed by atoms with Crippen molar-refractivity contribution in [1.29, 1.82) is 0 Å². The minimum absolute atomic E-state index is 0. The Morgan fingerprint density at radius 2 is 2.07 bits per heavy atom. The van der Waals surface area contributed by atoms with Crippen LogP contribution in [0.3, 0.4) is 0 Å². The molecule has 4 nitrogen and oxygen atoms in total. The van der Waals surface area contributed by atoms with Gasteiger partial charge in [0.1, 0.15) is 0 Å². The molecule has 70 valence electrons. The van der Waals surface area contributed by atoms with E-state index in [-0.39, 0.29) is 64.1 Å². The zero-order chi connectivity index (χ0) is 9.80. The Labute approximate surface area is 140 Å². The first-order valence-electron chi connectivity index (χ1n) is 3.92. The van der Waals surface area contributed by atoms with Gasteiger partial charge in [-0.05, 0) is 12.1 Å². The molecular weight excluding hydrogens is 284 g/mol. The van der Waals surface area contributed by atoms with Gasteiger partial charge < -0.3 is 5.32 Å². The van der Waals surface area contributed by atoms with Crippen LogP contribution in [0.4, 0.5) is 5.13 Å². The number of amides is 1. The summed E-state index contributed by atoms with van der Waals surface area (Å²) in [4.78, 5) is 11.5. The molecule has 1 aromatic carbocycles. The molecule has 0 atom stereocenters. The van der Waals surface area contributed by atoms with Crippen molar-refractivity contribution in [3.8, 4) is 0 Å². The number of hydrogen-bond donors (Lipinski definition) is 1. The van der Waals surface area contributed by atoms with Gasteiger partial charge in [0.15, 0.2) is 0 Å². The maximum Gasteiger partial charge on any atom is 1.00 e. The van der Waals surface area contributed by atoms with E-state index in [1.807, 2.05) is 6.07 Å². The summed E-state index contributed by atoms with van der Waals surface area (Å²) in [7, 11) is 0. The topological polar surface area (TPSA) is 54.9 Å². The smallest absolute Gasteiger partial charge is 0.375 e. The van der Waals surface area contributed by atoms with Gasteiger partial charge in [-0.25, -0.2) is 5.10 Å². The van der Waals surface area contributed by atoms with Gasteiger partial charge >= 0.3 is 58.2 Å². The molecule has 0 fully saturated rings. The molecule has 0 saturated heterocycles. The molecule has 1 heterocycles. The minimum Gasteiger partial charge on any atom is -0.375 e. The van der Waals surface area contributed by atoms with E-state index in [9.17, 15) is 4.79 Å². The summed E-state index contributed by atoms with van der Waals surface area (Å²) in [6, 6.07) is 8.94. The van der Waals surface area contributed by atoms with Gasteiger partial charge in [-0.3, -0.25) is 21.2 Å². The predicted molar refractivity (Wildman–Crippen MR) is 53.1 cm³/mol. The summed E-state index contributed by atoms with van der Waals surface area (Å²) in [5, 5.41) is 10.2. The predicted octanol–water partition coefficient (Wildman–Crippen LogP) is -1.41. The number of nitrogens with zero attached hydrogens (tertiary/aromatic N) is 2. The van der Waals surface area contributed by atoms with E-state index < -0.39 is 0 Å². The minimum atomic E-state index is -0.184. The second kappa shape index (κ2) is 6.60. The summed E-state index contributed by atoms with van der Waals surface area (Å²) in [6.45, 7) is 0. The molecule has 0 unspecified atom stereocenters. The molecule has 0 spiro atoms. The van der Waals surface area contributed by atoms with Crippen LogP contribution in [0.2, 0.25) is 0 Å². The Morgan fingerprint density at radius 1 is 1.33 bits per heavy atom. The fourth-order valence-electron chi connectivity index (χ4n) is 0.959. The summed E-state index contributed by atoms with van der Waals surface area (Å²) in [6.07, 6.45) is 0. The molecule has 15 heavy (non-hydrogen) atoms. The van der Waals surface area contributed by atoms with Crippen LogP contribution < -0.4 is 63.5 Å². The normalized spacial score (nSPS) is 9.07. The Bertz CT molecular complexity index is 418. The van der Waals surface area contributed by atoms with Crippen LogP contribution in [-0.2, 0) is 0 Å².